The highest BCUT2D eigenvalue weighted by Crippen LogP contribution is 2.33. The van der Waals surface area contributed by atoms with E-state index in [1.165, 1.54) is 18.2 Å². The number of alkyl halides is 1. The number of pyridine rings is 1. The lowest BCUT2D eigenvalue weighted by Gasteiger charge is -2.30. The summed E-state index contributed by atoms with van der Waals surface area (Å²) in [5.41, 5.74) is 2.21. The maximum atomic E-state index is 6.17. The molecule has 1 saturated heterocycles. The van der Waals surface area contributed by atoms with Crippen molar-refractivity contribution in [2.24, 2.45) is 5.92 Å². The molecule has 0 amide bonds. The van der Waals surface area contributed by atoms with Crippen LogP contribution >= 0.6 is 11.6 Å². The van der Waals surface area contributed by atoms with Crippen LogP contribution in [0.4, 0.5) is 5.82 Å². The van der Waals surface area contributed by atoms with Gasteiger partial charge >= 0.3 is 0 Å². The Kier molecular flexibility index (Phi) is 3.84. The van der Waals surface area contributed by atoms with E-state index in [0.717, 1.165) is 23.4 Å². The van der Waals surface area contributed by atoms with Crippen molar-refractivity contribution < 1.29 is 0 Å². The summed E-state index contributed by atoms with van der Waals surface area (Å²) in [5, 5.41) is 1.17. The second-order valence-corrected chi connectivity index (χ2v) is 6.21. The van der Waals surface area contributed by atoms with Crippen molar-refractivity contribution in [2.45, 2.75) is 38.6 Å². The molecular weight excluding hydrogens is 268 g/mol. The Balaban J connectivity index is 2.09. The van der Waals surface area contributed by atoms with Crippen LogP contribution in [0, 0.1) is 5.92 Å². The van der Waals surface area contributed by atoms with Crippen LogP contribution in [0.5, 0.6) is 0 Å². The van der Waals surface area contributed by atoms with Gasteiger partial charge < -0.3 is 4.90 Å². The Bertz CT molecular complexity index is 609. The average Bonchev–Trinajstić information content (AvgIpc) is 2.95. The topological polar surface area (TPSA) is 16.1 Å². The molecule has 0 spiro atoms. The predicted molar refractivity (Wildman–Crippen MR) is 86.5 cm³/mol. The van der Waals surface area contributed by atoms with Gasteiger partial charge in [-0.1, -0.05) is 32.0 Å². The number of hydrogen-bond acceptors (Lipinski definition) is 2. The fourth-order valence-corrected chi connectivity index (χ4v) is 3.44. The van der Waals surface area contributed by atoms with Gasteiger partial charge in [0.25, 0.3) is 0 Å². The molecule has 0 aliphatic carbocycles. The molecule has 0 radical (unpaired) electrons. The number of fused-ring (bicyclic) bond motifs is 1. The highest BCUT2D eigenvalue weighted by atomic mass is 35.5. The molecule has 1 fully saturated rings. The van der Waals surface area contributed by atoms with Gasteiger partial charge in [-0.05, 0) is 30.9 Å². The highest BCUT2D eigenvalue weighted by Gasteiger charge is 2.29. The number of para-hydroxylation sites is 1. The minimum Gasteiger partial charge on any atom is -0.353 e. The van der Waals surface area contributed by atoms with Gasteiger partial charge in [0.05, 0.1) is 11.4 Å². The van der Waals surface area contributed by atoms with Gasteiger partial charge in [-0.15, -0.1) is 11.6 Å². The van der Waals surface area contributed by atoms with E-state index in [2.05, 4.69) is 43.0 Å². The Morgan fingerprint density at radius 3 is 2.90 bits per heavy atom. The molecule has 1 aromatic heterocycles. The first-order valence-electron chi connectivity index (χ1n) is 7.42. The minimum atomic E-state index is 0.522. The van der Waals surface area contributed by atoms with Crippen LogP contribution in [-0.2, 0) is 5.88 Å². The van der Waals surface area contributed by atoms with E-state index < -0.39 is 0 Å². The van der Waals surface area contributed by atoms with Crippen molar-refractivity contribution in [1.29, 1.82) is 0 Å². The molecule has 1 aromatic carbocycles. The molecule has 2 heterocycles. The standard InChI is InChI=1S/C17H21ClN2/c1-12(2)16-8-5-9-20(16)17-14(11-18)10-13-6-3-4-7-15(13)19-17/h3-4,6-7,10,12,16H,5,8-9,11H2,1-2H3. The number of anilines is 1. The van der Waals surface area contributed by atoms with Crippen LogP contribution in [0.1, 0.15) is 32.3 Å². The van der Waals surface area contributed by atoms with E-state index in [1.807, 2.05) is 6.07 Å². The van der Waals surface area contributed by atoms with E-state index >= 15 is 0 Å². The molecule has 1 unspecified atom stereocenters. The second-order valence-electron chi connectivity index (χ2n) is 5.94. The first-order chi connectivity index (χ1) is 9.70. The van der Waals surface area contributed by atoms with E-state index in [1.54, 1.807) is 0 Å². The van der Waals surface area contributed by atoms with Crippen LogP contribution in [0.15, 0.2) is 30.3 Å². The normalized spacial score (nSPS) is 19.2. The molecule has 1 atom stereocenters. The van der Waals surface area contributed by atoms with Gasteiger partial charge in [-0.25, -0.2) is 4.98 Å². The number of halogens is 1. The zero-order valence-electron chi connectivity index (χ0n) is 12.1. The summed E-state index contributed by atoms with van der Waals surface area (Å²) in [6, 6.07) is 11.1. The lowest BCUT2D eigenvalue weighted by molar-refractivity contribution is 0.489. The van der Waals surface area contributed by atoms with E-state index in [0.29, 0.717) is 17.8 Å². The molecule has 0 saturated carbocycles. The first-order valence-corrected chi connectivity index (χ1v) is 7.95. The molecule has 1 aliphatic heterocycles. The smallest absolute Gasteiger partial charge is 0.133 e. The van der Waals surface area contributed by atoms with Crippen molar-refractivity contribution in [3.05, 3.63) is 35.9 Å². The van der Waals surface area contributed by atoms with Crippen LogP contribution in [0.3, 0.4) is 0 Å². The summed E-state index contributed by atoms with van der Waals surface area (Å²) in [7, 11) is 0. The number of aromatic nitrogens is 1. The molecule has 3 heteroatoms. The van der Waals surface area contributed by atoms with E-state index in [-0.39, 0.29) is 0 Å². The van der Waals surface area contributed by atoms with Gasteiger partial charge in [0, 0.05) is 23.5 Å². The summed E-state index contributed by atoms with van der Waals surface area (Å²) >= 11 is 6.17. The number of hydrogen-bond donors (Lipinski definition) is 0. The number of rotatable bonds is 3. The Morgan fingerprint density at radius 1 is 1.35 bits per heavy atom. The molecule has 2 aromatic rings. The van der Waals surface area contributed by atoms with Gasteiger partial charge in [0.1, 0.15) is 5.82 Å². The zero-order chi connectivity index (χ0) is 14.1. The van der Waals surface area contributed by atoms with Crippen molar-refractivity contribution >= 4 is 28.3 Å². The van der Waals surface area contributed by atoms with E-state index in [4.69, 9.17) is 16.6 Å². The lowest BCUT2D eigenvalue weighted by atomic mass is 10.0. The predicted octanol–water partition coefficient (Wildman–Crippen LogP) is 4.60. The van der Waals surface area contributed by atoms with Crippen molar-refractivity contribution in [2.75, 3.05) is 11.4 Å². The van der Waals surface area contributed by atoms with Crippen molar-refractivity contribution in [1.82, 2.24) is 4.98 Å². The fourth-order valence-electron chi connectivity index (χ4n) is 3.25. The fraction of sp³-hybridized carbons (Fsp3) is 0.471. The quantitative estimate of drug-likeness (QED) is 0.768. The monoisotopic (exact) mass is 288 g/mol. The van der Waals surface area contributed by atoms with Crippen LogP contribution in [0.25, 0.3) is 10.9 Å². The Morgan fingerprint density at radius 2 is 2.15 bits per heavy atom. The Hall–Kier alpha value is -1.28. The Labute approximate surface area is 125 Å². The third-order valence-corrected chi connectivity index (χ3v) is 4.55. The minimum absolute atomic E-state index is 0.522. The molecule has 1 aliphatic rings. The maximum absolute atomic E-state index is 6.17. The average molecular weight is 289 g/mol. The molecule has 3 rings (SSSR count). The van der Waals surface area contributed by atoms with Gasteiger partial charge in [0.2, 0.25) is 0 Å². The lowest BCUT2D eigenvalue weighted by Crippen LogP contribution is -2.34. The van der Waals surface area contributed by atoms with Crippen LogP contribution in [-0.4, -0.2) is 17.6 Å². The third kappa shape index (κ3) is 2.37. The highest BCUT2D eigenvalue weighted by molar-refractivity contribution is 6.17. The van der Waals surface area contributed by atoms with E-state index in [9.17, 15) is 0 Å². The summed E-state index contributed by atoms with van der Waals surface area (Å²) < 4.78 is 0. The van der Waals surface area contributed by atoms with Gasteiger partial charge in [0.15, 0.2) is 0 Å². The summed E-state index contributed by atoms with van der Waals surface area (Å²) in [6.45, 7) is 5.69. The van der Waals surface area contributed by atoms with Gasteiger partial charge in [-0.2, -0.15) is 0 Å². The van der Waals surface area contributed by atoms with Crippen LogP contribution < -0.4 is 4.90 Å². The molecule has 0 bridgehead atoms. The summed E-state index contributed by atoms with van der Waals surface area (Å²) in [4.78, 5) is 7.37. The SMILES string of the molecule is CC(C)C1CCCN1c1nc2ccccc2cc1CCl. The van der Waals surface area contributed by atoms with Crippen LogP contribution in [0.2, 0.25) is 0 Å². The summed E-state index contributed by atoms with van der Waals surface area (Å²) in [6.07, 6.45) is 2.51. The van der Waals surface area contributed by atoms with Gasteiger partial charge in [-0.3, -0.25) is 0 Å². The maximum Gasteiger partial charge on any atom is 0.133 e. The number of benzene rings is 1. The molecule has 106 valence electrons. The van der Waals surface area contributed by atoms with Crippen molar-refractivity contribution in [3.8, 4) is 0 Å². The van der Waals surface area contributed by atoms with Crippen molar-refractivity contribution in [3.63, 3.8) is 0 Å². The first kappa shape index (κ1) is 13.7. The largest absolute Gasteiger partial charge is 0.353 e. The summed E-state index contributed by atoms with van der Waals surface area (Å²) in [5.74, 6) is 2.26. The molecule has 2 nitrogen and oxygen atoms in total. The molecular formula is C17H21ClN2. The molecule has 0 N–H and O–H groups in total. The third-order valence-electron chi connectivity index (χ3n) is 4.26. The second kappa shape index (κ2) is 5.61. The molecule has 20 heavy (non-hydrogen) atoms. The zero-order valence-corrected chi connectivity index (χ0v) is 12.9. The number of nitrogens with zero attached hydrogens (tertiary/aromatic N) is 2.